The summed E-state index contributed by atoms with van der Waals surface area (Å²) in [6.45, 7) is 0.736. The molecule has 0 bridgehead atoms. The molecule has 39 heavy (non-hydrogen) atoms. The molecule has 0 radical (unpaired) electrons. The second-order valence-electron chi connectivity index (χ2n) is 8.78. The van der Waals surface area contributed by atoms with E-state index < -0.39 is 5.91 Å². The van der Waals surface area contributed by atoms with Crippen LogP contribution in [0.4, 0.5) is 5.69 Å². The van der Waals surface area contributed by atoms with Crippen molar-refractivity contribution in [3.8, 4) is 11.4 Å². The second-order valence-corrected chi connectivity index (χ2v) is 10.6. The van der Waals surface area contributed by atoms with E-state index in [4.69, 9.17) is 27.9 Å². The van der Waals surface area contributed by atoms with Crippen LogP contribution in [0.1, 0.15) is 28.2 Å². The first-order valence-electron chi connectivity index (χ1n) is 12.3. The van der Waals surface area contributed by atoms with Gasteiger partial charge in [-0.1, -0.05) is 65.3 Å². The molecule has 0 unspecified atom stereocenters. The monoisotopic (exact) mass is 581 g/mol. The second kappa shape index (κ2) is 12.1. The Hall–Kier alpha value is -3.53. The van der Waals surface area contributed by atoms with Crippen molar-refractivity contribution in [1.29, 1.82) is 0 Å². The van der Waals surface area contributed by atoms with Gasteiger partial charge in [0.2, 0.25) is 5.91 Å². The molecule has 0 atom stereocenters. The molecular weight excluding hydrogens is 557 g/mol. The quantitative estimate of drug-likeness (QED) is 0.273. The third-order valence-electron chi connectivity index (χ3n) is 6.34. The van der Waals surface area contributed by atoms with Gasteiger partial charge in [-0.05, 0) is 54.8 Å². The number of nitrogens with zero attached hydrogens (tertiary/aromatic N) is 4. The molecule has 5 rings (SSSR count). The minimum Gasteiger partial charge on any atom is -0.495 e. The summed E-state index contributed by atoms with van der Waals surface area (Å²) in [4.78, 5) is 28.0. The van der Waals surface area contributed by atoms with Crippen LogP contribution in [-0.2, 0) is 17.8 Å². The molecule has 1 N–H and O–H groups in total. The van der Waals surface area contributed by atoms with E-state index in [1.54, 1.807) is 23.8 Å². The molecule has 2 heterocycles. The smallest absolute Gasteiger partial charge is 0.253 e. The number of hydrogen-bond donors (Lipinski definition) is 1. The molecule has 8 nitrogen and oxygen atoms in total. The number of hydrogen-bond acceptors (Lipinski definition) is 6. The van der Waals surface area contributed by atoms with Crippen molar-refractivity contribution in [2.24, 2.45) is 0 Å². The summed E-state index contributed by atoms with van der Waals surface area (Å²) < 4.78 is 7.37. The van der Waals surface area contributed by atoms with Gasteiger partial charge >= 0.3 is 0 Å². The van der Waals surface area contributed by atoms with Crippen LogP contribution in [0.5, 0.6) is 5.75 Å². The van der Waals surface area contributed by atoms with Gasteiger partial charge in [0.25, 0.3) is 5.91 Å². The van der Waals surface area contributed by atoms with Crippen LogP contribution in [0.15, 0.2) is 71.9 Å². The highest BCUT2D eigenvalue weighted by molar-refractivity contribution is 7.99. The van der Waals surface area contributed by atoms with E-state index in [0.717, 1.165) is 18.5 Å². The number of aromatic nitrogens is 3. The van der Waals surface area contributed by atoms with Crippen LogP contribution in [0, 0.1) is 0 Å². The van der Waals surface area contributed by atoms with Crippen molar-refractivity contribution in [1.82, 2.24) is 20.1 Å². The third kappa shape index (κ3) is 5.90. The highest BCUT2D eigenvalue weighted by Crippen LogP contribution is 2.31. The number of amides is 2. The number of halogens is 2. The molecule has 1 aliphatic heterocycles. The van der Waals surface area contributed by atoms with Crippen molar-refractivity contribution in [2.45, 2.75) is 24.5 Å². The van der Waals surface area contributed by atoms with Crippen LogP contribution in [0.25, 0.3) is 5.69 Å². The third-order valence-corrected chi connectivity index (χ3v) is 7.82. The molecule has 0 saturated heterocycles. The minimum absolute atomic E-state index is 0.00724. The molecule has 200 valence electrons. The van der Waals surface area contributed by atoms with Gasteiger partial charge in [-0.2, -0.15) is 0 Å². The van der Waals surface area contributed by atoms with Gasteiger partial charge in [0.1, 0.15) is 5.75 Å². The summed E-state index contributed by atoms with van der Waals surface area (Å²) in [5, 5.41) is 12.7. The molecular formula is C28H25Cl2N5O3S. The topological polar surface area (TPSA) is 89.3 Å². The van der Waals surface area contributed by atoms with Crippen LogP contribution in [-0.4, -0.2) is 46.0 Å². The van der Waals surface area contributed by atoms with Gasteiger partial charge in [0.15, 0.2) is 11.0 Å². The summed E-state index contributed by atoms with van der Waals surface area (Å²) in [5.74, 6) is 0.828. The lowest BCUT2D eigenvalue weighted by Crippen LogP contribution is -2.36. The van der Waals surface area contributed by atoms with Crippen LogP contribution in [0.2, 0.25) is 10.0 Å². The molecule has 3 aromatic carbocycles. The van der Waals surface area contributed by atoms with Gasteiger partial charge in [-0.25, -0.2) is 0 Å². The Morgan fingerprint density at radius 2 is 1.79 bits per heavy atom. The van der Waals surface area contributed by atoms with E-state index in [2.05, 4.69) is 21.6 Å². The molecule has 11 heteroatoms. The standard InChI is InChI=1S/C28H25Cl2N5O3S/c1-38-24-11-5-4-10-23(24)35-25(16-31-27(37)20-15-19(29)12-13-21(20)30)32-33-28(35)39-17-26(36)34-14-6-8-18-7-2-3-9-22(18)34/h2-5,7,9-13,15H,6,8,14,16-17H2,1H3,(H,31,37). The fraction of sp³-hybridized carbons (Fsp3) is 0.214. The van der Waals surface area contributed by atoms with Crippen molar-refractivity contribution < 1.29 is 14.3 Å². The molecule has 1 aliphatic rings. The predicted octanol–water partition coefficient (Wildman–Crippen LogP) is 5.58. The maximum Gasteiger partial charge on any atom is 0.253 e. The maximum absolute atomic E-state index is 13.3. The predicted molar refractivity (Wildman–Crippen MR) is 153 cm³/mol. The Bertz CT molecular complexity index is 1530. The Balaban J connectivity index is 1.39. The first-order valence-corrected chi connectivity index (χ1v) is 14.0. The van der Waals surface area contributed by atoms with E-state index >= 15 is 0 Å². The largest absolute Gasteiger partial charge is 0.495 e. The molecule has 0 saturated carbocycles. The first kappa shape index (κ1) is 27.1. The summed E-state index contributed by atoms with van der Waals surface area (Å²) in [5.41, 5.74) is 3.09. The average molecular weight is 583 g/mol. The summed E-state index contributed by atoms with van der Waals surface area (Å²) in [6.07, 6.45) is 1.88. The molecule has 4 aromatic rings. The molecule has 1 aromatic heterocycles. The Morgan fingerprint density at radius 1 is 1.03 bits per heavy atom. The van der Waals surface area contributed by atoms with Crippen LogP contribution < -0.4 is 15.0 Å². The summed E-state index contributed by atoms with van der Waals surface area (Å²) >= 11 is 13.5. The fourth-order valence-electron chi connectivity index (χ4n) is 4.49. The van der Waals surface area contributed by atoms with E-state index in [1.165, 1.54) is 23.4 Å². The van der Waals surface area contributed by atoms with Crippen molar-refractivity contribution >= 4 is 52.5 Å². The lowest BCUT2D eigenvalue weighted by Gasteiger charge is -2.29. The molecule has 0 spiro atoms. The Labute approximate surface area is 240 Å². The number of fused-ring (bicyclic) bond motifs is 1. The van der Waals surface area contributed by atoms with Gasteiger partial charge in [0.05, 0.1) is 35.7 Å². The van der Waals surface area contributed by atoms with Crippen molar-refractivity contribution in [2.75, 3.05) is 24.3 Å². The zero-order valence-corrected chi connectivity index (χ0v) is 23.4. The van der Waals surface area contributed by atoms with E-state index in [-0.39, 0.29) is 28.8 Å². The number of carbonyl (C=O) groups excluding carboxylic acids is 2. The minimum atomic E-state index is -0.398. The van der Waals surface area contributed by atoms with E-state index in [0.29, 0.717) is 34.0 Å². The fourth-order valence-corrected chi connectivity index (χ4v) is 5.70. The maximum atomic E-state index is 13.3. The SMILES string of the molecule is COc1ccccc1-n1c(CNC(=O)c2cc(Cl)ccc2Cl)nnc1SCC(=O)N1CCCc2ccccc21. The Morgan fingerprint density at radius 3 is 2.62 bits per heavy atom. The lowest BCUT2D eigenvalue weighted by atomic mass is 10.0. The number of thioether (sulfide) groups is 1. The van der Waals surface area contributed by atoms with Gasteiger partial charge in [0, 0.05) is 17.3 Å². The number of para-hydroxylation sites is 3. The van der Waals surface area contributed by atoms with Crippen molar-refractivity contribution in [3.05, 3.63) is 93.7 Å². The number of rotatable bonds is 8. The Kier molecular flexibility index (Phi) is 8.40. The zero-order valence-electron chi connectivity index (χ0n) is 21.1. The molecule has 0 aliphatic carbocycles. The van der Waals surface area contributed by atoms with Gasteiger partial charge < -0.3 is 15.0 Å². The molecule has 0 fully saturated rings. The zero-order chi connectivity index (χ0) is 27.4. The van der Waals surface area contributed by atoms with Crippen LogP contribution in [0.3, 0.4) is 0 Å². The van der Waals surface area contributed by atoms with Gasteiger partial charge in [-0.3, -0.25) is 14.2 Å². The molecule has 2 amide bonds. The number of aryl methyl sites for hydroxylation is 1. The first-order chi connectivity index (χ1) is 19.0. The number of ether oxygens (including phenoxy) is 1. The normalized spacial score (nSPS) is 12.6. The number of benzene rings is 3. The van der Waals surface area contributed by atoms with Crippen LogP contribution >= 0.6 is 35.0 Å². The van der Waals surface area contributed by atoms with E-state index in [9.17, 15) is 9.59 Å². The van der Waals surface area contributed by atoms with Crippen molar-refractivity contribution in [3.63, 3.8) is 0 Å². The number of methoxy groups -OCH3 is 1. The summed E-state index contributed by atoms with van der Waals surface area (Å²) in [6, 6.07) is 20.1. The number of anilines is 1. The number of carbonyl (C=O) groups is 2. The number of nitrogens with one attached hydrogen (secondary N) is 1. The van der Waals surface area contributed by atoms with E-state index in [1.807, 2.05) is 47.4 Å². The van der Waals surface area contributed by atoms with Gasteiger partial charge in [-0.15, -0.1) is 10.2 Å². The average Bonchev–Trinajstić information content (AvgIpc) is 3.37. The highest BCUT2D eigenvalue weighted by atomic mass is 35.5. The highest BCUT2D eigenvalue weighted by Gasteiger charge is 2.24. The lowest BCUT2D eigenvalue weighted by molar-refractivity contribution is -0.116. The summed E-state index contributed by atoms with van der Waals surface area (Å²) in [7, 11) is 1.58.